The van der Waals surface area contributed by atoms with Gasteiger partial charge in [0.05, 0.1) is 0 Å². The first kappa shape index (κ1) is 14.7. The number of hydrogen-bond acceptors (Lipinski definition) is 4. The highest BCUT2D eigenvalue weighted by Gasteiger charge is 2.28. The van der Waals surface area contributed by atoms with Gasteiger partial charge in [-0.3, -0.25) is 0 Å². The molecule has 0 bridgehead atoms. The van der Waals surface area contributed by atoms with Gasteiger partial charge >= 0.3 is 0 Å². The van der Waals surface area contributed by atoms with Gasteiger partial charge in [-0.2, -0.15) is 9.97 Å². The van der Waals surface area contributed by atoms with Gasteiger partial charge in [-0.05, 0) is 6.42 Å². The fourth-order valence-corrected chi connectivity index (χ4v) is 1.41. The van der Waals surface area contributed by atoms with E-state index in [9.17, 15) is 0 Å². The Morgan fingerprint density at radius 3 is 2.35 bits per heavy atom. The molecule has 0 aliphatic rings. The lowest BCUT2D eigenvalue weighted by Gasteiger charge is -2.12. The van der Waals surface area contributed by atoms with Crippen molar-refractivity contribution < 1.29 is 0 Å². The van der Waals surface area contributed by atoms with Crippen molar-refractivity contribution in [2.24, 2.45) is 0 Å². The van der Waals surface area contributed by atoms with E-state index in [1.807, 2.05) is 6.92 Å². The van der Waals surface area contributed by atoms with Crippen molar-refractivity contribution in [1.29, 1.82) is 0 Å². The second-order valence-corrected chi connectivity index (χ2v) is 5.81. The molecule has 1 rings (SSSR count). The van der Waals surface area contributed by atoms with Gasteiger partial charge in [-0.15, -0.1) is 0 Å². The Labute approximate surface area is 116 Å². The van der Waals surface area contributed by atoms with Crippen LogP contribution in [0.3, 0.4) is 0 Å². The summed E-state index contributed by atoms with van der Waals surface area (Å²) in [6.45, 7) is 4.84. The van der Waals surface area contributed by atoms with Gasteiger partial charge in [0.1, 0.15) is 5.82 Å². The Kier molecular flexibility index (Phi) is 5.70. The first-order valence-corrected chi connectivity index (χ1v) is 6.66. The predicted molar refractivity (Wildman–Crippen MR) is 71.8 cm³/mol. The van der Waals surface area contributed by atoms with E-state index in [0.29, 0.717) is 18.2 Å². The minimum absolute atomic E-state index is 0.161. The Bertz CT molecular complexity index is 365. The molecule has 0 saturated heterocycles. The number of unbranched alkanes of at least 4 members (excludes halogenated alkanes) is 1. The fourth-order valence-electron chi connectivity index (χ4n) is 1.16. The van der Waals surface area contributed by atoms with Crippen molar-refractivity contribution >= 4 is 40.8 Å². The van der Waals surface area contributed by atoms with Crippen LogP contribution in [-0.2, 0) is 10.2 Å². The Morgan fingerprint density at radius 1 is 1.12 bits per heavy atom. The summed E-state index contributed by atoms with van der Waals surface area (Å²) in [5, 5.41) is 3.09. The van der Waals surface area contributed by atoms with E-state index in [-0.39, 0.29) is 5.82 Å². The Balaban J connectivity index is 2.89. The standard InChI is InChI=1S/C10H15Cl3N4/c1-3-5-6-14-9-16-7(4-2)15-8(17-9)10(11,12)13/h3-6H2,1-2H3,(H,14,15,16,17). The number of anilines is 1. The van der Waals surface area contributed by atoms with Crippen molar-refractivity contribution in [3.05, 3.63) is 11.6 Å². The highest BCUT2D eigenvalue weighted by atomic mass is 35.6. The molecule has 0 unspecified atom stereocenters. The van der Waals surface area contributed by atoms with Crippen LogP contribution in [0.2, 0.25) is 0 Å². The van der Waals surface area contributed by atoms with Gasteiger partial charge in [0.15, 0.2) is 5.82 Å². The molecule has 0 fully saturated rings. The van der Waals surface area contributed by atoms with E-state index in [1.54, 1.807) is 0 Å². The zero-order chi connectivity index (χ0) is 12.9. The zero-order valence-electron chi connectivity index (χ0n) is 9.80. The molecule has 1 N–H and O–H groups in total. The molecule has 0 aliphatic heterocycles. The van der Waals surface area contributed by atoms with Crippen molar-refractivity contribution in [2.75, 3.05) is 11.9 Å². The molecule has 0 amide bonds. The number of halogens is 3. The summed E-state index contributed by atoms with van der Waals surface area (Å²) in [4.78, 5) is 12.4. The molecule has 0 aromatic carbocycles. The minimum atomic E-state index is -1.62. The minimum Gasteiger partial charge on any atom is -0.354 e. The molecule has 1 aromatic rings. The van der Waals surface area contributed by atoms with Crippen molar-refractivity contribution in [1.82, 2.24) is 15.0 Å². The number of alkyl halides is 3. The Hall–Kier alpha value is -0.320. The topological polar surface area (TPSA) is 50.7 Å². The predicted octanol–water partition coefficient (Wildman–Crippen LogP) is 3.47. The summed E-state index contributed by atoms with van der Waals surface area (Å²) < 4.78 is -1.62. The highest BCUT2D eigenvalue weighted by molar-refractivity contribution is 6.66. The van der Waals surface area contributed by atoms with E-state index >= 15 is 0 Å². The van der Waals surface area contributed by atoms with Gasteiger partial charge < -0.3 is 5.32 Å². The van der Waals surface area contributed by atoms with E-state index in [0.717, 1.165) is 19.4 Å². The van der Waals surface area contributed by atoms with Crippen LogP contribution in [0.5, 0.6) is 0 Å². The van der Waals surface area contributed by atoms with Crippen LogP contribution in [-0.4, -0.2) is 21.5 Å². The smallest absolute Gasteiger partial charge is 0.250 e. The average molecular weight is 298 g/mol. The third-order valence-corrected chi connectivity index (χ3v) is 2.57. The molecule has 1 heterocycles. The summed E-state index contributed by atoms with van der Waals surface area (Å²) in [6, 6.07) is 0. The average Bonchev–Trinajstić information content (AvgIpc) is 2.28. The van der Waals surface area contributed by atoms with Gasteiger partial charge in [0, 0.05) is 13.0 Å². The zero-order valence-corrected chi connectivity index (χ0v) is 12.1. The maximum absolute atomic E-state index is 5.77. The normalized spacial score (nSPS) is 11.6. The molecule has 0 atom stereocenters. The van der Waals surface area contributed by atoms with Crippen molar-refractivity contribution in [3.63, 3.8) is 0 Å². The molecular weight excluding hydrogens is 282 g/mol. The third-order valence-electron chi connectivity index (χ3n) is 2.06. The SMILES string of the molecule is CCCCNc1nc(CC)nc(C(Cl)(Cl)Cl)n1. The first-order chi connectivity index (χ1) is 7.97. The van der Waals surface area contributed by atoms with Crippen LogP contribution in [0, 0.1) is 0 Å². The summed E-state index contributed by atoms with van der Waals surface area (Å²) in [5.74, 6) is 1.24. The monoisotopic (exact) mass is 296 g/mol. The van der Waals surface area contributed by atoms with Gasteiger partial charge in [0.25, 0.3) is 0 Å². The molecular formula is C10H15Cl3N4. The molecule has 7 heteroatoms. The lowest BCUT2D eigenvalue weighted by molar-refractivity contribution is 0.799. The number of nitrogens with zero attached hydrogens (tertiary/aromatic N) is 3. The second kappa shape index (κ2) is 6.57. The lowest BCUT2D eigenvalue weighted by Crippen LogP contribution is -2.15. The van der Waals surface area contributed by atoms with E-state index in [1.165, 1.54) is 0 Å². The summed E-state index contributed by atoms with van der Waals surface area (Å²) in [6.07, 6.45) is 2.80. The van der Waals surface area contributed by atoms with Gasteiger partial charge in [0.2, 0.25) is 9.74 Å². The van der Waals surface area contributed by atoms with Crippen LogP contribution in [0.15, 0.2) is 0 Å². The van der Waals surface area contributed by atoms with E-state index in [4.69, 9.17) is 34.8 Å². The van der Waals surface area contributed by atoms with Crippen LogP contribution in [0.1, 0.15) is 38.3 Å². The quantitative estimate of drug-likeness (QED) is 0.668. The fraction of sp³-hybridized carbons (Fsp3) is 0.700. The van der Waals surface area contributed by atoms with E-state index < -0.39 is 3.79 Å². The van der Waals surface area contributed by atoms with Crippen LogP contribution in [0.25, 0.3) is 0 Å². The van der Waals surface area contributed by atoms with Crippen LogP contribution >= 0.6 is 34.8 Å². The molecule has 96 valence electrons. The number of hydrogen-bond donors (Lipinski definition) is 1. The third kappa shape index (κ3) is 4.82. The van der Waals surface area contributed by atoms with Gasteiger partial charge in [-0.1, -0.05) is 55.1 Å². The first-order valence-electron chi connectivity index (χ1n) is 5.53. The molecule has 4 nitrogen and oxygen atoms in total. The maximum Gasteiger partial charge on any atom is 0.250 e. The van der Waals surface area contributed by atoms with Crippen molar-refractivity contribution in [2.45, 2.75) is 36.9 Å². The maximum atomic E-state index is 5.77. The molecule has 17 heavy (non-hydrogen) atoms. The van der Waals surface area contributed by atoms with Crippen LogP contribution in [0.4, 0.5) is 5.95 Å². The molecule has 0 saturated carbocycles. The van der Waals surface area contributed by atoms with Crippen LogP contribution < -0.4 is 5.32 Å². The number of aromatic nitrogens is 3. The highest BCUT2D eigenvalue weighted by Crippen LogP contribution is 2.36. The lowest BCUT2D eigenvalue weighted by atomic mass is 10.3. The molecule has 0 radical (unpaired) electrons. The molecule has 0 aliphatic carbocycles. The number of nitrogens with one attached hydrogen (secondary N) is 1. The second-order valence-electron chi connectivity index (χ2n) is 3.53. The largest absolute Gasteiger partial charge is 0.354 e. The molecule has 0 spiro atoms. The number of rotatable bonds is 5. The Morgan fingerprint density at radius 2 is 1.82 bits per heavy atom. The summed E-state index contributed by atoms with van der Waals surface area (Å²) in [7, 11) is 0. The van der Waals surface area contributed by atoms with E-state index in [2.05, 4.69) is 27.2 Å². The molecule has 1 aromatic heterocycles. The number of aryl methyl sites for hydroxylation is 1. The summed E-state index contributed by atoms with van der Waals surface area (Å²) in [5.41, 5.74) is 0. The summed E-state index contributed by atoms with van der Waals surface area (Å²) >= 11 is 17.3. The van der Waals surface area contributed by atoms with Crippen molar-refractivity contribution in [3.8, 4) is 0 Å². The van der Waals surface area contributed by atoms with Gasteiger partial charge in [-0.25, -0.2) is 4.98 Å².